The average Bonchev–Trinajstić information content (AvgIpc) is 2.37. The molecule has 2 atom stereocenters. The van der Waals surface area contributed by atoms with Gasteiger partial charge in [-0.2, -0.15) is 0 Å². The third-order valence-electron chi connectivity index (χ3n) is 4.07. The van der Waals surface area contributed by atoms with Crippen molar-refractivity contribution < 1.29 is 0 Å². The number of rotatable bonds is 5. The van der Waals surface area contributed by atoms with Crippen LogP contribution in [0.5, 0.6) is 0 Å². The second-order valence-electron chi connectivity index (χ2n) is 6.58. The highest BCUT2D eigenvalue weighted by molar-refractivity contribution is 9.10. The molecule has 2 rings (SSSR count). The molecule has 0 aromatic heterocycles. The van der Waals surface area contributed by atoms with Crippen molar-refractivity contribution in [1.82, 2.24) is 5.32 Å². The van der Waals surface area contributed by atoms with E-state index < -0.39 is 0 Å². The van der Waals surface area contributed by atoms with Crippen molar-refractivity contribution in [2.75, 3.05) is 6.54 Å². The third-order valence-corrected chi connectivity index (χ3v) is 5.89. The lowest BCUT2D eigenvalue weighted by atomic mass is 9.75. The van der Waals surface area contributed by atoms with Crippen LogP contribution in [0.4, 0.5) is 0 Å². The van der Waals surface area contributed by atoms with Gasteiger partial charge in [-0.05, 0) is 55.8 Å². The van der Waals surface area contributed by atoms with Crippen LogP contribution in [0.1, 0.15) is 46.5 Å². The van der Waals surface area contributed by atoms with Gasteiger partial charge < -0.3 is 5.32 Å². The molecule has 1 aromatic carbocycles. The Bertz CT molecular complexity index is 433. The topological polar surface area (TPSA) is 12.0 Å². The fourth-order valence-corrected chi connectivity index (χ4v) is 5.11. The molecule has 0 bridgehead atoms. The summed E-state index contributed by atoms with van der Waals surface area (Å²) in [7, 11) is 0. The number of benzene rings is 1. The predicted octanol–water partition coefficient (Wildman–Crippen LogP) is 5.49. The van der Waals surface area contributed by atoms with Gasteiger partial charge in [-0.25, -0.2) is 0 Å². The highest BCUT2D eigenvalue weighted by atomic mass is 79.9. The van der Waals surface area contributed by atoms with Gasteiger partial charge in [0.2, 0.25) is 0 Å². The van der Waals surface area contributed by atoms with Crippen molar-refractivity contribution in [1.29, 1.82) is 0 Å². The first kappa shape index (κ1) is 16.4. The maximum absolute atomic E-state index is 3.76. The fraction of sp³-hybridized carbons (Fsp3) is 0.647. The zero-order valence-electron chi connectivity index (χ0n) is 12.8. The van der Waals surface area contributed by atoms with Gasteiger partial charge in [0.1, 0.15) is 0 Å². The van der Waals surface area contributed by atoms with Gasteiger partial charge in [0.25, 0.3) is 0 Å². The van der Waals surface area contributed by atoms with Crippen LogP contribution >= 0.6 is 27.7 Å². The Morgan fingerprint density at radius 1 is 1.40 bits per heavy atom. The number of thioether (sulfide) groups is 1. The fourth-order valence-electron chi connectivity index (χ4n) is 2.92. The third kappa shape index (κ3) is 4.78. The summed E-state index contributed by atoms with van der Waals surface area (Å²) in [5.41, 5.74) is 0.480. The van der Waals surface area contributed by atoms with E-state index in [-0.39, 0.29) is 0 Å². The lowest BCUT2D eigenvalue weighted by molar-refractivity contribution is 0.214. The molecule has 0 heterocycles. The van der Waals surface area contributed by atoms with Gasteiger partial charge in [0, 0.05) is 20.7 Å². The number of hydrogen-bond acceptors (Lipinski definition) is 2. The quantitative estimate of drug-likeness (QED) is 0.749. The lowest BCUT2D eigenvalue weighted by Crippen LogP contribution is -2.45. The molecule has 0 saturated heterocycles. The molecular formula is C17H26BrNS. The molecule has 112 valence electrons. The molecule has 1 saturated carbocycles. The average molecular weight is 356 g/mol. The molecule has 1 aromatic rings. The standard InChI is InChI=1S/C17H26BrNS/c1-4-10-19-15-8-9-17(2,3)12-16(15)20-14-7-5-6-13(18)11-14/h5-7,11,15-16,19H,4,8-10,12H2,1-3H3. The summed E-state index contributed by atoms with van der Waals surface area (Å²) >= 11 is 5.62. The van der Waals surface area contributed by atoms with Gasteiger partial charge >= 0.3 is 0 Å². The molecule has 1 aliphatic carbocycles. The Morgan fingerprint density at radius 3 is 2.90 bits per heavy atom. The zero-order chi connectivity index (χ0) is 14.6. The summed E-state index contributed by atoms with van der Waals surface area (Å²) in [5, 5.41) is 4.44. The minimum Gasteiger partial charge on any atom is -0.313 e. The maximum atomic E-state index is 3.76. The summed E-state index contributed by atoms with van der Waals surface area (Å²) < 4.78 is 1.18. The molecule has 1 aliphatic rings. The second-order valence-corrected chi connectivity index (χ2v) is 8.81. The Hall–Kier alpha value is 0.01000. The van der Waals surface area contributed by atoms with E-state index in [0.29, 0.717) is 16.7 Å². The highest BCUT2D eigenvalue weighted by Crippen LogP contribution is 2.42. The monoisotopic (exact) mass is 355 g/mol. The molecule has 0 spiro atoms. The molecule has 0 amide bonds. The Balaban J connectivity index is 2.06. The number of halogens is 1. The van der Waals surface area contributed by atoms with E-state index in [1.807, 2.05) is 11.8 Å². The minimum absolute atomic E-state index is 0.480. The van der Waals surface area contributed by atoms with E-state index in [0.717, 1.165) is 6.54 Å². The van der Waals surface area contributed by atoms with Gasteiger partial charge in [-0.3, -0.25) is 0 Å². The molecular weight excluding hydrogens is 330 g/mol. The minimum atomic E-state index is 0.480. The van der Waals surface area contributed by atoms with Gasteiger partial charge in [0.15, 0.2) is 0 Å². The van der Waals surface area contributed by atoms with E-state index in [1.165, 1.54) is 35.1 Å². The van der Waals surface area contributed by atoms with E-state index in [2.05, 4.69) is 66.3 Å². The highest BCUT2D eigenvalue weighted by Gasteiger charge is 2.35. The van der Waals surface area contributed by atoms with Crippen LogP contribution < -0.4 is 5.32 Å². The zero-order valence-corrected chi connectivity index (χ0v) is 15.2. The van der Waals surface area contributed by atoms with Gasteiger partial charge in [-0.15, -0.1) is 11.8 Å². The van der Waals surface area contributed by atoms with Gasteiger partial charge in [0.05, 0.1) is 0 Å². The Morgan fingerprint density at radius 2 is 2.20 bits per heavy atom. The first-order valence-electron chi connectivity index (χ1n) is 7.66. The van der Waals surface area contributed by atoms with Crippen LogP contribution in [-0.4, -0.2) is 17.8 Å². The molecule has 3 heteroatoms. The summed E-state index contributed by atoms with van der Waals surface area (Å²) in [6, 6.07) is 9.36. The lowest BCUT2D eigenvalue weighted by Gasteiger charge is -2.41. The van der Waals surface area contributed by atoms with E-state index in [9.17, 15) is 0 Å². The van der Waals surface area contributed by atoms with E-state index in [1.54, 1.807) is 0 Å². The molecule has 2 unspecified atom stereocenters. The summed E-state index contributed by atoms with van der Waals surface area (Å²) in [4.78, 5) is 1.38. The van der Waals surface area contributed by atoms with E-state index in [4.69, 9.17) is 0 Å². The number of nitrogens with one attached hydrogen (secondary N) is 1. The molecule has 1 N–H and O–H groups in total. The van der Waals surface area contributed by atoms with Crippen molar-refractivity contribution >= 4 is 27.7 Å². The molecule has 1 fully saturated rings. The largest absolute Gasteiger partial charge is 0.313 e. The normalized spacial score (nSPS) is 25.6. The Kier molecular flexibility index (Phi) is 6.00. The first-order chi connectivity index (χ1) is 9.50. The van der Waals surface area contributed by atoms with Crippen LogP contribution in [0.2, 0.25) is 0 Å². The summed E-state index contributed by atoms with van der Waals surface area (Å²) in [5.74, 6) is 0. The SMILES string of the molecule is CCCNC1CCC(C)(C)CC1Sc1cccc(Br)c1. The molecule has 1 nitrogen and oxygen atoms in total. The van der Waals surface area contributed by atoms with Crippen molar-refractivity contribution in [3.63, 3.8) is 0 Å². The smallest absolute Gasteiger partial charge is 0.0253 e. The van der Waals surface area contributed by atoms with Crippen molar-refractivity contribution in [2.24, 2.45) is 5.41 Å². The molecule has 0 aliphatic heterocycles. The van der Waals surface area contributed by atoms with Crippen LogP contribution in [0.15, 0.2) is 33.6 Å². The van der Waals surface area contributed by atoms with Crippen LogP contribution in [0.25, 0.3) is 0 Å². The predicted molar refractivity (Wildman–Crippen MR) is 93.5 cm³/mol. The molecule has 0 radical (unpaired) electrons. The van der Waals surface area contributed by atoms with E-state index >= 15 is 0 Å². The summed E-state index contributed by atoms with van der Waals surface area (Å²) in [6.07, 6.45) is 5.16. The van der Waals surface area contributed by atoms with Crippen molar-refractivity contribution in [2.45, 2.75) is 62.6 Å². The van der Waals surface area contributed by atoms with Crippen molar-refractivity contribution in [3.8, 4) is 0 Å². The van der Waals surface area contributed by atoms with Crippen LogP contribution in [-0.2, 0) is 0 Å². The molecule has 20 heavy (non-hydrogen) atoms. The first-order valence-corrected chi connectivity index (χ1v) is 9.33. The van der Waals surface area contributed by atoms with Crippen LogP contribution in [0, 0.1) is 5.41 Å². The van der Waals surface area contributed by atoms with Gasteiger partial charge in [-0.1, -0.05) is 42.8 Å². The Labute approximate surface area is 136 Å². The van der Waals surface area contributed by atoms with Crippen molar-refractivity contribution in [3.05, 3.63) is 28.7 Å². The summed E-state index contributed by atoms with van der Waals surface area (Å²) in [6.45, 7) is 8.21. The maximum Gasteiger partial charge on any atom is 0.0253 e. The second kappa shape index (κ2) is 7.33. The number of hydrogen-bond donors (Lipinski definition) is 1. The van der Waals surface area contributed by atoms with Crippen LogP contribution in [0.3, 0.4) is 0 Å².